The standard InChI is InChI=1S/C15H22FNO2/c1-19-13-7-6-11(14(16)8-13)9-17-10-12-4-2-3-5-15(12)18/h6-8,12,15,17-18H,2-5,9-10H2,1H3. The molecule has 0 amide bonds. The Morgan fingerprint density at radius 1 is 1.37 bits per heavy atom. The first-order chi connectivity index (χ1) is 9.20. The molecule has 1 saturated carbocycles. The third-order valence-electron chi connectivity index (χ3n) is 3.85. The lowest BCUT2D eigenvalue weighted by molar-refractivity contribution is 0.0695. The first-order valence-corrected chi connectivity index (χ1v) is 6.92. The highest BCUT2D eigenvalue weighted by Crippen LogP contribution is 2.23. The molecule has 1 fully saturated rings. The zero-order valence-corrected chi connectivity index (χ0v) is 11.4. The summed E-state index contributed by atoms with van der Waals surface area (Å²) in [5.41, 5.74) is 0.631. The average Bonchev–Trinajstić information content (AvgIpc) is 2.42. The molecule has 1 aromatic carbocycles. The van der Waals surface area contributed by atoms with Gasteiger partial charge in [0.05, 0.1) is 13.2 Å². The largest absolute Gasteiger partial charge is 0.497 e. The first-order valence-electron chi connectivity index (χ1n) is 6.92. The third-order valence-corrected chi connectivity index (χ3v) is 3.85. The van der Waals surface area contributed by atoms with Crippen molar-refractivity contribution in [2.45, 2.75) is 38.3 Å². The maximum atomic E-state index is 13.7. The van der Waals surface area contributed by atoms with Gasteiger partial charge in [0.15, 0.2) is 0 Å². The van der Waals surface area contributed by atoms with E-state index in [0.29, 0.717) is 23.8 Å². The molecule has 0 heterocycles. The number of methoxy groups -OCH3 is 1. The number of halogens is 1. The predicted octanol–water partition coefficient (Wildman–Crippen LogP) is 2.48. The molecule has 19 heavy (non-hydrogen) atoms. The highest BCUT2D eigenvalue weighted by molar-refractivity contribution is 5.28. The summed E-state index contributed by atoms with van der Waals surface area (Å²) in [4.78, 5) is 0. The first kappa shape index (κ1) is 14.3. The third kappa shape index (κ3) is 3.91. The summed E-state index contributed by atoms with van der Waals surface area (Å²) in [7, 11) is 1.52. The molecule has 0 saturated heterocycles. The molecule has 4 heteroatoms. The fraction of sp³-hybridized carbons (Fsp3) is 0.600. The summed E-state index contributed by atoms with van der Waals surface area (Å²) in [6.45, 7) is 1.23. The molecular formula is C15H22FNO2. The molecule has 0 aliphatic heterocycles. The second-order valence-electron chi connectivity index (χ2n) is 5.20. The van der Waals surface area contributed by atoms with E-state index in [1.165, 1.54) is 19.6 Å². The number of ether oxygens (including phenoxy) is 1. The Labute approximate surface area is 113 Å². The minimum Gasteiger partial charge on any atom is -0.497 e. The molecule has 1 aliphatic rings. The molecule has 106 valence electrons. The minimum atomic E-state index is -0.254. The molecule has 2 atom stereocenters. The highest BCUT2D eigenvalue weighted by Gasteiger charge is 2.22. The molecule has 0 spiro atoms. The second-order valence-corrected chi connectivity index (χ2v) is 5.20. The van der Waals surface area contributed by atoms with Crippen LogP contribution in [0.5, 0.6) is 5.75 Å². The molecule has 1 aromatic rings. The van der Waals surface area contributed by atoms with Gasteiger partial charge in [-0.15, -0.1) is 0 Å². The van der Waals surface area contributed by atoms with E-state index in [2.05, 4.69) is 5.32 Å². The van der Waals surface area contributed by atoms with E-state index in [-0.39, 0.29) is 11.9 Å². The summed E-state index contributed by atoms with van der Waals surface area (Å²) in [6, 6.07) is 4.89. The normalized spacial score (nSPS) is 23.3. The van der Waals surface area contributed by atoms with Crippen molar-refractivity contribution in [3.8, 4) is 5.75 Å². The van der Waals surface area contributed by atoms with Gasteiger partial charge < -0.3 is 15.2 Å². The Balaban J connectivity index is 1.82. The van der Waals surface area contributed by atoms with Crippen LogP contribution < -0.4 is 10.1 Å². The molecular weight excluding hydrogens is 245 g/mol. The Morgan fingerprint density at radius 3 is 2.84 bits per heavy atom. The van der Waals surface area contributed by atoms with Gasteiger partial charge in [0.2, 0.25) is 0 Å². The fourth-order valence-electron chi connectivity index (χ4n) is 2.62. The predicted molar refractivity (Wildman–Crippen MR) is 72.6 cm³/mol. The number of nitrogens with one attached hydrogen (secondary N) is 1. The molecule has 2 rings (SSSR count). The van der Waals surface area contributed by atoms with Crippen molar-refractivity contribution in [2.24, 2.45) is 5.92 Å². The van der Waals surface area contributed by atoms with Crippen LogP contribution in [-0.4, -0.2) is 24.9 Å². The molecule has 0 aromatic heterocycles. The zero-order valence-electron chi connectivity index (χ0n) is 11.4. The lowest BCUT2D eigenvalue weighted by Gasteiger charge is -2.27. The van der Waals surface area contributed by atoms with Crippen LogP contribution in [0.15, 0.2) is 18.2 Å². The quantitative estimate of drug-likeness (QED) is 0.861. The average molecular weight is 267 g/mol. The van der Waals surface area contributed by atoms with Crippen LogP contribution in [0.1, 0.15) is 31.2 Å². The van der Waals surface area contributed by atoms with Crippen molar-refractivity contribution in [3.63, 3.8) is 0 Å². The molecule has 0 radical (unpaired) electrons. The van der Waals surface area contributed by atoms with Crippen molar-refractivity contribution in [2.75, 3.05) is 13.7 Å². The Bertz CT molecular complexity index is 411. The highest BCUT2D eigenvalue weighted by atomic mass is 19.1. The van der Waals surface area contributed by atoms with Gasteiger partial charge in [0.1, 0.15) is 11.6 Å². The van der Waals surface area contributed by atoms with E-state index in [1.807, 2.05) is 0 Å². The number of hydrogen-bond donors (Lipinski definition) is 2. The van der Waals surface area contributed by atoms with Crippen LogP contribution in [-0.2, 0) is 6.54 Å². The molecule has 2 unspecified atom stereocenters. The molecule has 1 aliphatic carbocycles. The molecule has 3 nitrogen and oxygen atoms in total. The maximum Gasteiger partial charge on any atom is 0.131 e. The number of benzene rings is 1. The van der Waals surface area contributed by atoms with Crippen molar-refractivity contribution in [1.29, 1.82) is 0 Å². The summed E-state index contributed by atoms with van der Waals surface area (Å²) >= 11 is 0. The minimum absolute atomic E-state index is 0.207. The zero-order chi connectivity index (χ0) is 13.7. The van der Waals surface area contributed by atoms with Gasteiger partial charge >= 0.3 is 0 Å². The Kier molecular flexibility index (Phi) is 5.16. The summed E-state index contributed by atoms with van der Waals surface area (Å²) in [6.07, 6.45) is 4.04. The van der Waals surface area contributed by atoms with Crippen LogP contribution in [0.4, 0.5) is 4.39 Å². The van der Waals surface area contributed by atoms with Gasteiger partial charge in [0, 0.05) is 24.7 Å². The van der Waals surface area contributed by atoms with Gasteiger partial charge in [0.25, 0.3) is 0 Å². The van der Waals surface area contributed by atoms with Crippen LogP contribution in [0.2, 0.25) is 0 Å². The van der Waals surface area contributed by atoms with Crippen LogP contribution >= 0.6 is 0 Å². The number of hydrogen-bond acceptors (Lipinski definition) is 3. The van der Waals surface area contributed by atoms with Gasteiger partial charge in [-0.25, -0.2) is 4.39 Å². The monoisotopic (exact) mass is 267 g/mol. The molecule has 2 N–H and O–H groups in total. The van der Waals surface area contributed by atoms with E-state index < -0.39 is 0 Å². The lowest BCUT2D eigenvalue weighted by atomic mass is 9.86. The Hall–Kier alpha value is -1.13. The number of aliphatic hydroxyl groups is 1. The van der Waals surface area contributed by atoms with Crippen LogP contribution in [0, 0.1) is 11.7 Å². The molecule has 0 bridgehead atoms. The van der Waals surface area contributed by atoms with Crippen LogP contribution in [0.25, 0.3) is 0 Å². The Morgan fingerprint density at radius 2 is 2.16 bits per heavy atom. The fourth-order valence-corrected chi connectivity index (χ4v) is 2.62. The maximum absolute atomic E-state index is 13.7. The topological polar surface area (TPSA) is 41.5 Å². The summed E-state index contributed by atoms with van der Waals surface area (Å²) < 4.78 is 18.7. The van der Waals surface area contributed by atoms with E-state index in [4.69, 9.17) is 4.74 Å². The van der Waals surface area contributed by atoms with Crippen molar-refractivity contribution in [1.82, 2.24) is 5.32 Å². The summed E-state index contributed by atoms with van der Waals surface area (Å²) in [5.74, 6) is 0.579. The smallest absolute Gasteiger partial charge is 0.131 e. The van der Waals surface area contributed by atoms with Gasteiger partial charge in [-0.05, 0) is 24.8 Å². The van der Waals surface area contributed by atoms with Crippen molar-refractivity contribution < 1.29 is 14.2 Å². The summed E-state index contributed by atoms with van der Waals surface area (Å²) in [5, 5.41) is 13.1. The van der Waals surface area contributed by atoms with E-state index in [9.17, 15) is 9.50 Å². The van der Waals surface area contributed by atoms with Gasteiger partial charge in [-0.3, -0.25) is 0 Å². The van der Waals surface area contributed by atoms with E-state index >= 15 is 0 Å². The van der Waals surface area contributed by atoms with Gasteiger partial charge in [-0.1, -0.05) is 18.9 Å². The second kappa shape index (κ2) is 6.87. The lowest BCUT2D eigenvalue weighted by Crippen LogP contribution is -2.33. The number of rotatable bonds is 5. The van der Waals surface area contributed by atoms with Crippen LogP contribution in [0.3, 0.4) is 0 Å². The SMILES string of the molecule is COc1ccc(CNCC2CCCCC2O)c(F)c1. The van der Waals surface area contributed by atoms with Crippen molar-refractivity contribution in [3.05, 3.63) is 29.6 Å². The van der Waals surface area contributed by atoms with Crippen molar-refractivity contribution >= 4 is 0 Å². The number of aliphatic hydroxyl groups excluding tert-OH is 1. The van der Waals surface area contributed by atoms with E-state index in [1.54, 1.807) is 12.1 Å². The van der Waals surface area contributed by atoms with Gasteiger partial charge in [-0.2, -0.15) is 0 Å². The van der Waals surface area contributed by atoms with E-state index in [0.717, 1.165) is 25.8 Å².